The first kappa shape index (κ1) is 30.6. The van der Waals surface area contributed by atoms with Crippen molar-refractivity contribution in [1.29, 1.82) is 0 Å². The molecule has 0 saturated heterocycles. The number of hydrogen-bond acceptors (Lipinski definition) is 5. The molecule has 3 aromatic carbocycles. The van der Waals surface area contributed by atoms with Crippen molar-refractivity contribution in [1.82, 2.24) is 10.2 Å². The number of carbonyl (C=O) groups excluding carboxylic acids is 2. The van der Waals surface area contributed by atoms with E-state index in [1.54, 1.807) is 18.2 Å². The number of sulfonamides is 1. The molecule has 1 N–H and O–H groups in total. The molecule has 0 heterocycles. The van der Waals surface area contributed by atoms with Gasteiger partial charge in [-0.15, -0.1) is 0 Å². The Kier molecular flexibility index (Phi) is 10.7. The van der Waals surface area contributed by atoms with Crippen LogP contribution in [0.5, 0.6) is 5.75 Å². The summed E-state index contributed by atoms with van der Waals surface area (Å²) >= 11 is 0. The predicted molar refractivity (Wildman–Crippen MR) is 154 cm³/mol. The quantitative estimate of drug-likeness (QED) is 0.334. The van der Waals surface area contributed by atoms with E-state index in [2.05, 4.69) is 5.32 Å². The number of halogens is 1. The van der Waals surface area contributed by atoms with Crippen LogP contribution in [-0.4, -0.2) is 57.1 Å². The lowest BCUT2D eigenvalue weighted by Gasteiger charge is -2.34. The lowest BCUT2D eigenvalue weighted by Crippen LogP contribution is -2.54. The highest BCUT2D eigenvalue weighted by Gasteiger charge is 2.33. The van der Waals surface area contributed by atoms with Crippen molar-refractivity contribution in [3.8, 4) is 5.75 Å². The van der Waals surface area contributed by atoms with E-state index >= 15 is 0 Å². The minimum absolute atomic E-state index is 0.0275. The Morgan fingerprint density at radius 1 is 0.975 bits per heavy atom. The van der Waals surface area contributed by atoms with Gasteiger partial charge in [-0.3, -0.25) is 13.9 Å². The maximum absolute atomic E-state index is 14.0. The summed E-state index contributed by atoms with van der Waals surface area (Å²) in [5.41, 5.74) is 1.67. The van der Waals surface area contributed by atoms with Gasteiger partial charge in [0.1, 0.15) is 24.2 Å². The summed E-state index contributed by atoms with van der Waals surface area (Å²) < 4.78 is 45.6. The van der Waals surface area contributed by atoms with Gasteiger partial charge in [-0.05, 0) is 48.7 Å². The number of amides is 2. The third-order valence-corrected chi connectivity index (χ3v) is 7.70. The molecule has 3 rings (SSSR count). The molecule has 0 radical (unpaired) electrons. The van der Waals surface area contributed by atoms with Crippen LogP contribution >= 0.6 is 0 Å². The van der Waals surface area contributed by atoms with E-state index in [-0.39, 0.29) is 30.6 Å². The van der Waals surface area contributed by atoms with E-state index in [4.69, 9.17) is 4.74 Å². The van der Waals surface area contributed by atoms with Crippen molar-refractivity contribution in [2.24, 2.45) is 0 Å². The Morgan fingerprint density at radius 3 is 2.25 bits per heavy atom. The van der Waals surface area contributed by atoms with E-state index < -0.39 is 34.3 Å². The fourth-order valence-corrected chi connectivity index (χ4v) is 5.00. The topological polar surface area (TPSA) is 96.0 Å². The Labute approximate surface area is 235 Å². The van der Waals surface area contributed by atoms with Crippen molar-refractivity contribution < 1.29 is 27.1 Å². The predicted octanol–water partition coefficient (Wildman–Crippen LogP) is 4.16. The summed E-state index contributed by atoms with van der Waals surface area (Å²) in [6, 6.07) is 20.2. The van der Waals surface area contributed by atoms with Gasteiger partial charge in [0.15, 0.2) is 0 Å². The highest BCUT2D eigenvalue weighted by Crippen LogP contribution is 2.24. The molecule has 214 valence electrons. The minimum Gasteiger partial charge on any atom is -0.497 e. The first-order chi connectivity index (χ1) is 19.0. The van der Waals surface area contributed by atoms with E-state index in [1.165, 1.54) is 42.3 Å². The second-order valence-electron chi connectivity index (χ2n) is 9.64. The number of rotatable bonds is 13. The maximum Gasteiger partial charge on any atom is 0.244 e. The van der Waals surface area contributed by atoms with E-state index in [0.29, 0.717) is 17.7 Å². The molecule has 2 atom stereocenters. The third kappa shape index (κ3) is 8.54. The normalized spacial score (nSPS) is 12.7. The largest absolute Gasteiger partial charge is 0.497 e. The minimum atomic E-state index is -3.90. The average Bonchev–Trinajstić information content (AvgIpc) is 2.94. The number of nitrogens with zero attached hydrogens (tertiary/aromatic N) is 2. The molecule has 3 aromatic rings. The van der Waals surface area contributed by atoms with Gasteiger partial charge in [0, 0.05) is 25.1 Å². The number of ether oxygens (including phenoxy) is 1. The molecule has 0 bridgehead atoms. The van der Waals surface area contributed by atoms with Crippen molar-refractivity contribution in [2.45, 2.75) is 45.3 Å². The van der Waals surface area contributed by atoms with Crippen molar-refractivity contribution in [3.63, 3.8) is 0 Å². The van der Waals surface area contributed by atoms with E-state index in [1.807, 2.05) is 44.2 Å². The Morgan fingerprint density at radius 2 is 1.65 bits per heavy atom. The first-order valence-corrected chi connectivity index (χ1v) is 14.9. The molecule has 2 amide bonds. The third-order valence-electron chi connectivity index (χ3n) is 6.56. The fourth-order valence-electron chi connectivity index (χ4n) is 4.16. The van der Waals surface area contributed by atoms with Crippen LogP contribution in [0, 0.1) is 5.82 Å². The number of hydrogen-bond donors (Lipinski definition) is 1. The summed E-state index contributed by atoms with van der Waals surface area (Å²) in [6.45, 7) is 3.24. The van der Waals surface area contributed by atoms with Crippen LogP contribution < -0.4 is 14.4 Å². The monoisotopic (exact) mass is 569 g/mol. The van der Waals surface area contributed by atoms with Crippen LogP contribution in [-0.2, 0) is 32.6 Å². The number of nitrogens with one attached hydrogen (secondary N) is 1. The molecule has 0 aliphatic heterocycles. The number of methoxy groups -OCH3 is 1. The van der Waals surface area contributed by atoms with E-state index in [9.17, 15) is 22.4 Å². The molecule has 10 heteroatoms. The second-order valence-corrected chi connectivity index (χ2v) is 11.5. The van der Waals surface area contributed by atoms with Gasteiger partial charge in [0.05, 0.1) is 19.1 Å². The number of benzene rings is 3. The summed E-state index contributed by atoms with van der Waals surface area (Å²) in [7, 11) is -2.44. The molecular formula is C30H36FN3O5S. The molecule has 0 spiro atoms. The molecule has 0 saturated carbocycles. The highest BCUT2D eigenvalue weighted by atomic mass is 32.2. The molecule has 0 aromatic heterocycles. The molecule has 0 aliphatic carbocycles. The van der Waals surface area contributed by atoms with Gasteiger partial charge in [0.2, 0.25) is 21.8 Å². The molecule has 0 fully saturated rings. The Bertz CT molecular complexity index is 1380. The van der Waals surface area contributed by atoms with Gasteiger partial charge >= 0.3 is 0 Å². The molecule has 0 aliphatic rings. The fraction of sp³-hybridized carbons (Fsp3) is 0.333. The van der Waals surface area contributed by atoms with Gasteiger partial charge in [-0.1, -0.05) is 55.5 Å². The van der Waals surface area contributed by atoms with Crippen LogP contribution in [0.15, 0.2) is 78.9 Å². The van der Waals surface area contributed by atoms with Crippen LogP contribution in [0.25, 0.3) is 0 Å². The van der Waals surface area contributed by atoms with Gasteiger partial charge in [-0.2, -0.15) is 0 Å². The lowest BCUT2D eigenvalue weighted by molar-refractivity contribution is -0.140. The van der Waals surface area contributed by atoms with Crippen molar-refractivity contribution in [3.05, 3.63) is 95.8 Å². The number of anilines is 1. The molecular weight excluding hydrogens is 533 g/mol. The zero-order valence-electron chi connectivity index (χ0n) is 23.2. The second kappa shape index (κ2) is 13.9. The maximum atomic E-state index is 14.0. The summed E-state index contributed by atoms with van der Waals surface area (Å²) in [5.74, 6) is -0.950. The smallest absolute Gasteiger partial charge is 0.244 e. The van der Waals surface area contributed by atoms with Crippen molar-refractivity contribution >= 4 is 27.5 Å². The van der Waals surface area contributed by atoms with Gasteiger partial charge < -0.3 is 15.0 Å². The standard InChI is InChI=1S/C30H36FN3O5S/c1-5-22(2)32-30(36)28(18-23-10-7-6-8-11-23)33(20-24-14-16-25(31)17-15-24)29(35)21-34(40(4,37)38)26-12-9-13-27(19-26)39-3/h6-17,19,22,28H,5,18,20-21H2,1-4H3,(H,32,36)/t22-,28+/m1/s1. The van der Waals surface area contributed by atoms with Gasteiger partial charge in [-0.25, -0.2) is 12.8 Å². The van der Waals surface area contributed by atoms with Crippen LogP contribution in [0.1, 0.15) is 31.4 Å². The number of carbonyl (C=O) groups is 2. The molecule has 40 heavy (non-hydrogen) atoms. The van der Waals surface area contributed by atoms with Gasteiger partial charge in [0.25, 0.3) is 0 Å². The molecule has 0 unspecified atom stereocenters. The zero-order valence-corrected chi connectivity index (χ0v) is 24.0. The molecule has 8 nitrogen and oxygen atoms in total. The summed E-state index contributed by atoms with van der Waals surface area (Å²) in [5, 5.41) is 2.97. The first-order valence-electron chi connectivity index (χ1n) is 13.0. The van der Waals surface area contributed by atoms with Crippen LogP contribution in [0.4, 0.5) is 10.1 Å². The lowest BCUT2D eigenvalue weighted by atomic mass is 10.0. The van der Waals surface area contributed by atoms with Crippen LogP contribution in [0.2, 0.25) is 0 Å². The highest BCUT2D eigenvalue weighted by molar-refractivity contribution is 7.92. The SMILES string of the molecule is CC[C@@H](C)NC(=O)[C@H](Cc1ccccc1)N(Cc1ccc(F)cc1)C(=O)CN(c1cccc(OC)c1)S(C)(=O)=O. The van der Waals surface area contributed by atoms with Crippen molar-refractivity contribution in [2.75, 3.05) is 24.2 Å². The van der Waals surface area contributed by atoms with E-state index in [0.717, 1.165) is 16.1 Å². The van der Waals surface area contributed by atoms with Crippen LogP contribution in [0.3, 0.4) is 0 Å². The summed E-state index contributed by atoms with van der Waals surface area (Å²) in [6.07, 6.45) is 1.91. The summed E-state index contributed by atoms with van der Waals surface area (Å²) in [4.78, 5) is 29.0. The Balaban J connectivity index is 2.06. The average molecular weight is 570 g/mol. The zero-order chi connectivity index (χ0) is 29.3. The Hall–Kier alpha value is -3.92.